The van der Waals surface area contributed by atoms with Crippen LogP contribution in [0.2, 0.25) is 0 Å². The van der Waals surface area contributed by atoms with Gasteiger partial charge in [-0.3, -0.25) is 4.90 Å². The van der Waals surface area contributed by atoms with Gasteiger partial charge < -0.3 is 15.6 Å². The predicted octanol–water partition coefficient (Wildman–Crippen LogP) is -1.01. The van der Waals surface area contributed by atoms with Crippen LogP contribution in [0.3, 0.4) is 0 Å². The van der Waals surface area contributed by atoms with Gasteiger partial charge in [-0.25, -0.2) is 0 Å². The van der Waals surface area contributed by atoms with Crippen LogP contribution in [0.5, 0.6) is 0 Å². The van der Waals surface area contributed by atoms with Gasteiger partial charge >= 0.3 is 0 Å². The van der Waals surface area contributed by atoms with E-state index in [1.165, 1.54) is 0 Å². The van der Waals surface area contributed by atoms with Crippen LogP contribution in [-0.4, -0.2) is 48.6 Å². The highest BCUT2D eigenvalue weighted by Crippen LogP contribution is 2.01. The molecule has 1 rings (SSSR count). The van der Waals surface area contributed by atoms with Gasteiger partial charge in [0.2, 0.25) is 0 Å². The van der Waals surface area contributed by atoms with E-state index in [9.17, 15) is 5.11 Å². The Labute approximate surface area is 66.9 Å². The van der Waals surface area contributed by atoms with Gasteiger partial charge in [-0.2, -0.15) is 0 Å². The van der Waals surface area contributed by atoms with E-state index in [-0.39, 0.29) is 0 Å². The Bertz CT molecular complexity index is 116. The Morgan fingerprint density at radius 3 is 2.55 bits per heavy atom. The molecule has 0 aromatic carbocycles. The topological polar surface area (TPSA) is 58.7 Å². The molecule has 0 saturated carbocycles. The molecule has 1 aliphatic rings. The van der Waals surface area contributed by atoms with E-state index >= 15 is 0 Å². The van der Waals surface area contributed by atoms with E-state index in [0.29, 0.717) is 6.54 Å². The van der Waals surface area contributed by atoms with Gasteiger partial charge in [0.05, 0.1) is 13.2 Å². The van der Waals surface area contributed by atoms with Gasteiger partial charge in [-0.15, -0.1) is 0 Å². The molecule has 0 aromatic rings. The van der Waals surface area contributed by atoms with Crippen LogP contribution in [-0.2, 0) is 4.74 Å². The van der Waals surface area contributed by atoms with E-state index in [2.05, 4.69) is 4.90 Å². The first-order valence-corrected chi connectivity index (χ1v) is 3.89. The number of hydrogen-bond acceptors (Lipinski definition) is 4. The molecule has 0 radical (unpaired) electrons. The monoisotopic (exact) mass is 160 g/mol. The van der Waals surface area contributed by atoms with Crippen LogP contribution in [0.4, 0.5) is 0 Å². The van der Waals surface area contributed by atoms with Crippen molar-refractivity contribution in [2.75, 3.05) is 32.8 Å². The van der Waals surface area contributed by atoms with E-state index in [0.717, 1.165) is 26.3 Å². The molecule has 1 aliphatic heterocycles. The number of nitrogens with zero attached hydrogens (tertiary/aromatic N) is 1. The summed E-state index contributed by atoms with van der Waals surface area (Å²) in [5.74, 6) is 0. The quantitative estimate of drug-likeness (QED) is 0.508. The molecule has 0 spiro atoms. The van der Waals surface area contributed by atoms with Gasteiger partial charge in [0, 0.05) is 19.6 Å². The molecule has 0 aliphatic carbocycles. The molecular weight excluding hydrogens is 144 g/mol. The second-order valence-corrected chi connectivity index (χ2v) is 3.25. The van der Waals surface area contributed by atoms with E-state index in [1.807, 2.05) is 0 Å². The van der Waals surface area contributed by atoms with Crippen LogP contribution in [0.15, 0.2) is 0 Å². The summed E-state index contributed by atoms with van der Waals surface area (Å²) in [6, 6.07) is 0. The van der Waals surface area contributed by atoms with Crippen molar-refractivity contribution in [3.05, 3.63) is 0 Å². The van der Waals surface area contributed by atoms with Crippen molar-refractivity contribution in [3.63, 3.8) is 0 Å². The van der Waals surface area contributed by atoms with Gasteiger partial charge in [-0.05, 0) is 6.92 Å². The SMILES string of the molecule is CC(N)(O)CN1CCOCC1. The summed E-state index contributed by atoms with van der Waals surface area (Å²) in [5.41, 5.74) is 4.37. The fraction of sp³-hybridized carbons (Fsp3) is 1.00. The van der Waals surface area contributed by atoms with Crippen molar-refractivity contribution in [1.82, 2.24) is 4.90 Å². The van der Waals surface area contributed by atoms with Crippen molar-refractivity contribution in [2.45, 2.75) is 12.6 Å². The molecule has 4 heteroatoms. The van der Waals surface area contributed by atoms with Crippen molar-refractivity contribution < 1.29 is 9.84 Å². The summed E-state index contributed by atoms with van der Waals surface area (Å²) in [6.07, 6.45) is 0. The molecule has 0 amide bonds. The number of ether oxygens (including phenoxy) is 1. The van der Waals surface area contributed by atoms with Gasteiger partial charge in [0.1, 0.15) is 5.72 Å². The molecule has 4 nitrogen and oxygen atoms in total. The van der Waals surface area contributed by atoms with Crippen LogP contribution in [0.25, 0.3) is 0 Å². The zero-order valence-corrected chi connectivity index (χ0v) is 6.92. The highest BCUT2D eigenvalue weighted by atomic mass is 16.5. The summed E-state index contributed by atoms with van der Waals surface area (Å²) in [6.45, 7) is 5.37. The minimum absolute atomic E-state index is 0.524. The second-order valence-electron chi connectivity index (χ2n) is 3.25. The molecule has 0 bridgehead atoms. The zero-order chi connectivity index (χ0) is 8.32. The summed E-state index contributed by atoms with van der Waals surface area (Å²) < 4.78 is 5.15. The van der Waals surface area contributed by atoms with Gasteiger partial charge in [0.25, 0.3) is 0 Å². The fourth-order valence-corrected chi connectivity index (χ4v) is 1.21. The Balaban J connectivity index is 2.24. The molecule has 3 N–H and O–H groups in total. The molecule has 1 atom stereocenters. The Kier molecular flexibility index (Phi) is 2.84. The predicted molar refractivity (Wildman–Crippen MR) is 42.1 cm³/mol. The largest absolute Gasteiger partial charge is 0.379 e. The van der Waals surface area contributed by atoms with Crippen molar-refractivity contribution >= 4 is 0 Å². The smallest absolute Gasteiger partial charge is 0.123 e. The van der Waals surface area contributed by atoms with E-state index in [1.54, 1.807) is 6.92 Å². The lowest BCUT2D eigenvalue weighted by atomic mass is 10.2. The first-order chi connectivity index (χ1) is 5.08. The van der Waals surface area contributed by atoms with Crippen LogP contribution < -0.4 is 5.73 Å². The standard InChI is InChI=1S/C7H16N2O2/c1-7(8,10)6-9-2-4-11-5-3-9/h10H,2-6,8H2,1H3. The fourth-order valence-electron chi connectivity index (χ4n) is 1.21. The lowest BCUT2D eigenvalue weighted by molar-refractivity contribution is -0.0194. The van der Waals surface area contributed by atoms with Crippen molar-refractivity contribution in [1.29, 1.82) is 0 Å². The number of β-amino-alcohol motifs (C(OH)–C–C–N with tert-alkyl or cyclic N) is 1. The molecule has 66 valence electrons. The first-order valence-electron chi connectivity index (χ1n) is 3.89. The molecule has 1 fully saturated rings. The minimum atomic E-state index is -1.07. The van der Waals surface area contributed by atoms with Crippen LogP contribution in [0, 0.1) is 0 Å². The number of hydrogen-bond donors (Lipinski definition) is 2. The summed E-state index contributed by atoms with van der Waals surface area (Å²) in [7, 11) is 0. The maximum absolute atomic E-state index is 9.27. The molecule has 1 saturated heterocycles. The second kappa shape index (κ2) is 3.49. The third kappa shape index (κ3) is 3.67. The van der Waals surface area contributed by atoms with Gasteiger partial charge in [-0.1, -0.05) is 0 Å². The van der Waals surface area contributed by atoms with E-state index < -0.39 is 5.72 Å². The maximum atomic E-state index is 9.27. The molecule has 1 unspecified atom stereocenters. The molecular formula is C7H16N2O2. The highest BCUT2D eigenvalue weighted by Gasteiger charge is 2.19. The molecule has 11 heavy (non-hydrogen) atoms. The lowest BCUT2D eigenvalue weighted by Gasteiger charge is -2.31. The third-order valence-electron chi connectivity index (χ3n) is 1.65. The molecule has 0 aromatic heterocycles. The molecule has 1 heterocycles. The number of morpholine rings is 1. The lowest BCUT2D eigenvalue weighted by Crippen LogP contribution is -2.50. The number of rotatable bonds is 2. The summed E-state index contributed by atoms with van der Waals surface area (Å²) >= 11 is 0. The maximum Gasteiger partial charge on any atom is 0.123 e. The van der Waals surface area contributed by atoms with Crippen LogP contribution >= 0.6 is 0 Å². The van der Waals surface area contributed by atoms with Gasteiger partial charge in [0.15, 0.2) is 0 Å². The first kappa shape index (κ1) is 8.93. The summed E-state index contributed by atoms with van der Waals surface area (Å²) in [4.78, 5) is 2.10. The Morgan fingerprint density at radius 1 is 1.55 bits per heavy atom. The summed E-state index contributed by atoms with van der Waals surface area (Å²) in [5, 5.41) is 9.27. The van der Waals surface area contributed by atoms with Crippen molar-refractivity contribution in [2.24, 2.45) is 5.73 Å². The minimum Gasteiger partial charge on any atom is -0.379 e. The van der Waals surface area contributed by atoms with Crippen molar-refractivity contribution in [3.8, 4) is 0 Å². The van der Waals surface area contributed by atoms with Crippen LogP contribution in [0.1, 0.15) is 6.92 Å². The normalized spacial score (nSPS) is 26.5. The zero-order valence-electron chi connectivity index (χ0n) is 6.92. The number of aliphatic hydroxyl groups is 1. The van der Waals surface area contributed by atoms with E-state index in [4.69, 9.17) is 10.5 Å². The Morgan fingerprint density at radius 2 is 2.09 bits per heavy atom. The average Bonchev–Trinajstić information content (AvgIpc) is 1.85. The number of nitrogens with two attached hydrogens (primary N) is 1. The highest BCUT2D eigenvalue weighted by molar-refractivity contribution is 4.72. The average molecular weight is 160 g/mol. The Hall–Kier alpha value is -0.160. The third-order valence-corrected chi connectivity index (χ3v) is 1.65.